The smallest absolute Gasteiger partial charge is 0.142 e. The Morgan fingerprint density at radius 1 is 1.44 bits per heavy atom. The average molecular weight is 235 g/mol. The molecule has 0 saturated heterocycles. The van der Waals surface area contributed by atoms with Crippen molar-refractivity contribution in [2.24, 2.45) is 0 Å². The number of nitrogens with zero attached hydrogens (tertiary/aromatic N) is 1. The molecule has 1 aromatic carbocycles. The van der Waals surface area contributed by atoms with E-state index in [4.69, 9.17) is 22.7 Å². The molecule has 0 bridgehead atoms. The van der Waals surface area contributed by atoms with Crippen LogP contribution in [-0.4, -0.2) is 9.97 Å². The third-order valence-electron chi connectivity index (χ3n) is 2.17. The molecule has 0 aliphatic rings. The highest BCUT2D eigenvalue weighted by Gasteiger charge is 2.03. The van der Waals surface area contributed by atoms with Crippen LogP contribution >= 0.6 is 11.6 Å². The monoisotopic (exact) mass is 234 g/mol. The summed E-state index contributed by atoms with van der Waals surface area (Å²) in [6.45, 7) is 0. The second-order valence-corrected chi connectivity index (χ2v) is 3.86. The molecule has 0 aliphatic carbocycles. The molecule has 0 saturated carbocycles. The van der Waals surface area contributed by atoms with E-state index in [1.54, 1.807) is 0 Å². The first-order chi connectivity index (χ1) is 7.65. The van der Waals surface area contributed by atoms with Crippen LogP contribution < -0.4 is 11.2 Å². The molecule has 0 unspecified atom stereocenters. The Kier molecular flexibility index (Phi) is 2.92. The maximum Gasteiger partial charge on any atom is 0.142 e. The predicted molar refractivity (Wildman–Crippen MR) is 63.1 cm³/mol. The molecule has 16 heavy (non-hydrogen) atoms. The van der Waals surface area contributed by atoms with Crippen molar-refractivity contribution in [3.8, 4) is 0 Å². The van der Waals surface area contributed by atoms with Crippen molar-refractivity contribution in [2.75, 3.05) is 5.73 Å². The third kappa shape index (κ3) is 2.41. The van der Waals surface area contributed by atoms with Gasteiger partial charge in [-0.15, -0.1) is 0 Å². The van der Waals surface area contributed by atoms with E-state index >= 15 is 0 Å². The Labute approximate surface area is 97.6 Å². The van der Waals surface area contributed by atoms with Gasteiger partial charge in [0, 0.05) is 12.1 Å². The summed E-state index contributed by atoms with van der Waals surface area (Å²) in [5.41, 5.74) is 8.35. The summed E-state index contributed by atoms with van der Waals surface area (Å²) in [6, 6.07) is 7.56. The highest BCUT2D eigenvalue weighted by Crippen LogP contribution is 2.14. The molecule has 0 fully saturated rings. The van der Waals surface area contributed by atoms with Crippen molar-refractivity contribution >= 4 is 17.3 Å². The number of halogens is 1. The molecule has 0 amide bonds. The van der Waals surface area contributed by atoms with E-state index in [-0.39, 0.29) is 5.49 Å². The number of aromatic nitrogens is 2. The largest absolute Gasteiger partial charge is 0.399 e. The number of hydrogen-bond acceptors (Lipinski definition) is 3. The molecular formula is C11H11ClN4. The topological polar surface area (TPSA) is 78.6 Å². The molecule has 82 valence electrons. The van der Waals surface area contributed by atoms with E-state index in [9.17, 15) is 0 Å². The fourth-order valence-corrected chi connectivity index (χ4v) is 1.66. The van der Waals surface area contributed by atoms with Gasteiger partial charge in [-0.2, -0.15) is 0 Å². The number of nitrogens with two attached hydrogens (primary N) is 1. The zero-order valence-electron chi connectivity index (χ0n) is 8.50. The Balaban J connectivity index is 2.30. The van der Waals surface area contributed by atoms with Gasteiger partial charge >= 0.3 is 0 Å². The minimum atomic E-state index is 0.196. The lowest BCUT2D eigenvalue weighted by atomic mass is 10.1. The van der Waals surface area contributed by atoms with Gasteiger partial charge in [-0.25, -0.2) is 0 Å². The number of nitrogen functional groups attached to an aromatic ring is 1. The summed E-state index contributed by atoms with van der Waals surface area (Å²) in [6.07, 6.45) is 2.04. The van der Waals surface area contributed by atoms with Gasteiger partial charge in [0.25, 0.3) is 0 Å². The van der Waals surface area contributed by atoms with Crippen molar-refractivity contribution in [3.05, 3.63) is 52.4 Å². The molecule has 2 aromatic rings. The molecular weight excluding hydrogens is 224 g/mol. The van der Waals surface area contributed by atoms with Crippen LogP contribution in [0.4, 0.5) is 5.69 Å². The third-order valence-corrected chi connectivity index (χ3v) is 2.48. The fourth-order valence-electron chi connectivity index (χ4n) is 1.44. The first-order valence-electron chi connectivity index (χ1n) is 4.78. The van der Waals surface area contributed by atoms with Gasteiger partial charge in [0.1, 0.15) is 10.6 Å². The van der Waals surface area contributed by atoms with Crippen LogP contribution in [0.3, 0.4) is 0 Å². The van der Waals surface area contributed by atoms with Gasteiger partial charge < -0.3 is 10.7 Å². The SMILES string of the molecule is N=c1cnc(Cc2cccc(N)c2)c(Cl)[nH]1. The zero-order chi connectivity index (χ0) is 11.5. The van der Waals surface area contributed by atoms with Crippen molar-refractivity contribution in [2.45, 2.75) is 6.42 Å². The number of H-pyrrole nitrogens is 1. The number of benzene rings is 1. The molecule has 2 rings (SSSR count). The highest BCUT2D eigenvalue weighted by molar-refractivity contribution is 6.30. The van der Waals surface area contributed by atoms with Gasteiger partial charge in [-0.05, 0) is 17.7 Å². The number of aromatic amines is 1. The fraction of sp³-hybridized carbons (Fsp3) is 0.0909. The Morgan fingerprint density at radius 3 is 2.94 bits per heavy atom. The summed E-state index contributed by atoms with van der Waals surface area (Å²) in [4.78, 5) is 6.82. The van der Waals surface area contributed by atoms with E-state index < -0.39 is 0 Å². The Bertz CT molecular complexity index is 562. The molecule has 4 nitrogen and oxygen atoms in total. The van der Waals surface area contributed by atoms with E-state index in [1.165, 1.54) is 6.20 Å². The molecule has 5 heteroatoms. The zero-order valence-corrected chi connectivity index (χ0v) is 9.25. The summed E-state index contributed by atoms with van der Waals surface area (Å²) in [5, 5.41) is 7.72. The van der Waals surface area contributed by atoms with Gasteiger partial charge in [0.2, 0.25) is 0 Å². The molecule has 0 radical (unpaired) electrons. The molecule has 0 spiro atoms. The number of hydrogen-bond donors (Lipinski definition) is 3. The second kappa shape index (κ2) is 4.37. The van der Waals surface area contributed by atoms with Crippen molar-refractivity contribution in [1.29, 1.82) is 5.41 Å². The predicted octanol–water partition coefficient (Wildman–Crippen LogP) is 1.72. The summed E-state index contributed by atoms with van der Waals surface area (Å²) in [5.74, 6) is 0. The Hall–Kier alpha value is -1.81. The van der Waals surface area contributed by atoms with Crippen LogP contribution in [0.2, 0.25) is 5.15 Å². The van der Waals surface area contributed by atoms with Crippen LogP contribution in [0, 0.1) is 5.41 Å². The standard InChI is InChI=1S/C11H11ClN4/c12-11-9(15-6-10(14)16-11)5-7-2-1-3-8(13)4-7/h1-4,6H,5,13H2,(H2,14,16). The minimum Gasteiger partial charge on any atom is -0.399 e. The molecule has 0 aliphatic heterocycles. The van der Waals surface area contributed by atoms with Crippen molar-refractivity contribution < 1.29 is 0 Å². The van der Waals surface area contributed by atoms with Crippen LogP contribution in [0.5, 0.6) is 0 Å². The molecule has 1 heterocycles. The molecule has 1 aromatic heterocycles. The van der Waals surface area contributed by atoms with Crippen LogP contribution in [0.1, 0.15) is 11.3 Å². The van der Waals surface area contributed by atoms with Crippen molar-refractivity contribution in [1.82, 2.24) is 9.97 Å². The van der Waals surface area contributed by atoms with E-state index in [0.717, 1.165) is 11.3 Å². The Morgan fingerprint density at radius 2 is 2.25 bits per heavy atom. The lowest BCUT2D eigenvalue weighted by molar-refractivity contribution is 0.968. The average Bonchev–Trinajstić information content (AvgIpc) is 2.22. The number of anilines is 1. The lowest BCUT2D eigenvalue weighted by Crippen LogP contribution is -2.09. The van der Waals surface area contributed by atoms with Gasteiger partial charge in [0.05, 0.1) is 11.9 Å². The van der Waals surface area contributed by atoms with E-state index in [1.807, 2.05) is 24.3 Å². The second-order valence-electron chi connectivity index (χ2n) is 3.48. The number of nitrogens with one attached hydrogen (secondary N) is 2. The van der Waals surface area contributed by atoms with Gasteiger partial charge in [-0.3, -0.25) is 10.4 Å². The van der Waals surface area contributed by atoms with Gasteiger partial charge in [-0.1, -0.05) is 23.7 Å². The van der Waals surface area contributed by atoms with Crippen LogP contribution in [-0.2, 0) is 6.42 Å². The first kappa shape index (κ1) is 10.7. The summed E-state index contributed by atoms with van der Waals surface area (Å²) in [7, 11) is 0. The maximum atomic E-state index is 7.32. The quantitative estimate of drug-likeness (QED) is 0.692. The summed E-state index contributed by atoms with van der Waals surface area (Å²) < 4.78 is 0. The summed E-state index contributed by atoms with van der Waals surface area (Å²) >= 11 is 5.95. The van der Waals surface area contributed by atoms with E-state index in [2.05, 4.69) is 9.97 Å². The van der Waals surface area contributed by atoms with E-state index in [0.29, 0.717) is 17.3 Å². The molecule has 4 N–H and O–H groups in total. The highest BCUT2D eigenvalue weighted by atomic mass is 35.5. The maximum absolute atomic E-state index is 7.32. The van der Waals surface area contributed by atoms with Gasteiger partial charge in [0.15, 0.2) is 0 Å². The normalized spacial score (nSPS) is 10.3. The van der Waals surface area contributed by atoms with Crippen molar-refractivity contribution in [3.63, 3.8) is 0 Å². The number of rotatable bonds is 2. The lowest BCUT2D eigenvalue weighted by Gasteiger charge is -2.04. The minimum absolute atomic E-state index is 0.196. The van der Waals surface area contributed by atoms with Crippen LogP contribution in [0.15, 0.2) is 30.5 Å². The first-order valence-corrected chi connectivity index (χ1v) is 5.15. The van der Waals surface area contributed by atoms with Crippen LogP contribution in [0.25, 0.3) is 0 Å². The molecule has 0 atom stereocenters.